The molecule has 1 aromatic rings. The van der Waals surface area contributed by atoms with Crippen molar-refractivity contribution in [3.63, 3.8) is 0 Å². The fraction of sp³-hybridized carbons (Fsp3) is 0.737. The van der Waals surface area contributed by atoms with Crippen molar-refractivity contribution in [1.82, 2.24) is 24.1 Å². The molecule has 3 heterocycles. The van der Waals surface area contributed by atoms with E-state index in [1.165, 1.54) is 10.6 Å². The van der Waals surface area contributed by atoms with E-state index in [1.807, 2.05) is 4.90 Å². The Kier molecular flexibility index (Phi) is 6.45. The molecule has 2 aliphatic heterocycles. The molecule has 0 atom stereocenters. The lowest BCUT2D eigenvalue weighted by atomic mass is 9.97. The quantitative estimate of drug-likeness (QED) is 0.754. The van der Waals surface area contributed by atoms with Gasteiger partial charge >= 0.3 is 0 Å². The SMILES string of the molecule is Cc1nc(N)c(C)c(C(=O)N2CCC(N3CCC(N(C)S(C)(=O)=O)CC3)CC2)n1. The number of likely N-dealkylation sites (tertiary alicyclic amines) is 2. The Balaban J connectivity index is 1.55. The summed E-state index contributed by atoms with van der Waals surface area (Å²) < 4.78 is 25.0. The number of amides is 1. The molecule has 1 amide bonds. The molecule has 29 heavy (non-hydrogen) atoms. The summed E-state index contributed by atoms with van der Waals surface area (Å²) in [5.41, 5.74) is 6.94. The molecule has 0 spiro atoms. The lowest BCUT2D eigenvalue weighted by Crippen LogP contribution is -2.52. The molecule has 0 aliphatic carbocycles. The number of hydrogen-bond donors (Lipinski definition) is 1. The third-order valence-electron chi connectivity index (χ3n) is 6.30. The maximum absolute atomic E-state index is 12.9. The second-order valence-corrected chi connectivity index (χ2v) is 10.2. The summed E-state index contributed by atoms with van der Waals surface area (Å²) in [4.78, 5) is 25.7. The average molecular weight is 425 g/mol. The van der Waals surface area contributed by atoms with Gasteiger partial charge in [-0.1, -0.05) is 0 Å². The number of aromatic nitrogens is 2. The fourth-order valence-corrected chi connectivity index (χ4v) is 5.08. The van der Waals surface area contributed by atoms with E-state index < -0.39 is 10.0 Å². The first-order valence-electron chi connectivity index (χ1n) is 10.1. The van der Waals surface area contributed by atoms with Crippen LogP contribution in [0.1, 0.15) is 47.6 Å². The van der Waals surface area contributed by atoms with Gasteiger partial charge < -0.3 is 15.5 Å². The van der Waals surface area contributed by atoms with Gasteiger partial charge in [-0.15, -0.1) is 0 Å². The third-order valence-corrected chi connectivity index (χ3v) is 7.65. The van der Waals surface area contributed by atoms with Gasteiger partial charge in [0.05, 0.1) is 6.26 Å². The predicted octanol–water partition coefficient (Wildman–Crippen LogP) is 0.636. The third kappa shape index (κ3) is 4.87. The number of piperidine rings is 2. The number of hydrogen-bond acceptors (Lipinski definition) is 7. The minimum absolute atomic E-state index is 0.0772. The molecule has 2 N–H and O–H groups in total. The second kappa shape index (κ2) is 8.53. The summed E-state index contributed by atoms with van der Waals surface area (Å²) in [5, 5.41) is 0. The Morgan fingerprint density at radius 1 is 1.07 bits per heavy atom. The van der Waals surface area contributed by atoms with Crippen molar-refractivity contribution in [3.8, 4) is 0 Å². The summed E-state index contributed by atoms with van der Waals surface area (Å²) >= 11 is 0. The normalized spacial score (nSPS) is 20.4. The Morgan fingerprint density at radius 2 is 1.66 bits per heavy atom. The van der Waals surface area contributed by atoms with Crippen molar-refractivity contribution in [2.45, 2.75) is 51.6 Å². The predicted molar refractivity (Wildman–Crippen MR) is 112 cm³/mol. The zero-order valence-electron chi connectivity index (χ0n) is 17.8. The topological polar surface area (TPSA) is 113 Å². The van der Waals surface area contributed by atoms with Crippen molar-refractivity contribution in [1.29, 1.82) is 0 Å². The smallest absolute Gasteiger partial charge is 0.272 e. The van der Waals surface area contributed by atoms with Gasteiger partial charge in [0.1, 0.15) is 17.3 Å². The largest absolute Gasteiger partial charge is 0.383 e. The molecule has 10 heteroatoms. The van der Waals surface area contributed by atoms with Crippen molar-refractivity contribution < 1.29 is 13.2 Å². The summed E-state index contributed by atoms with van der Waals surface area (Å²) in [6, 6.07) is 0.513. The van der Waals surface area contributed by atoms with E-state index in [1.54, 1.807) is 20.9 Å². The molecule has 2 fully saturated rings. The Hall–Kier alpha value is -1.78. The molecular formula is C19H32N6O3S. The Morgan fingerprint density at radius 3 is 2.21 bits per heavy atom. The van der Waals surface area contributed by atoms with Gasteiger partial charge in [-0.05, 0) is 52.6 Å². The highest BCUT2D eigenvalue weighted by Gasteiger charge is 2.33. The van der Waals surface area contributed by atoms with Crippen LogP contribution in [0, 0.1) is 13.8 Å². The number of aryl methyl sites for hydroxylation is 1. The highest BCUT2D eigenvalue weighted by Crippen LogP contribution is 2.25. The standard InChI is InChI=1S/C19H32N6O3S/c1-13-17(21-14(2)22-18(13)20)19(26)25-11-7-16(8-12-25)24-9-5-15(6-10-24)23(3)29(4,27)28/h15-16H,5-12H2,1-4H3,(H2,20,21,22). The van der Waals surface area contributed by atoms with E-state index in [2.05, 4.69) is 14.9 Å². The first kappa shape index (κ1) is 21.9. The average Bonchev–Trinajstić information content (AvgIpc) is 2.69. The minimum Gasteiger partial charge on any atom is -0.383 e. The highest BCUT2D eigenvalue weighted by atomic mass is 32.2. The summed E-state index contributed by atoms with van der Waals surface area (Å²) in [5.74, 6) is 0.789. The highest BCUT2D eigenvalue weighted by molar-refractivity contribution is 7.88. The maximum atomic E-state index is 12.9. The van der Waals surface area contributed by atoms with Crippen molar-refractivity contribution >= 4 is 21.7 Å². The zero-order valence-corrected chi connectivity index (χ0v) is 18.6. The van der Waals surface area contributed by atoms with Gasteiger partial charge in [0.15, 0.2) is 0 Å². The van der Waals surface area contributed by atoms with Gasteiger partial charge in [0.2, 0.25) is 10.0 Å². The lowest BCUT2D eigenvalue weighted by Gasteiger charge is -2.43. The Labute approximate surface area is 173 Å². The van der Waals surface area contributed by atoms with Crippen LogP contribution in [0.3, 0.4) is 0 Å². The lowest BCUT2D eigenvalue weighted by molar-refractivity contribution is 0.0542. The molecular weight excluding hydrogens is 392 g/mol. The van der Waals surface area contributed by atoms with Crippen LogP contribution in [0.5, 0.6) is 0 Å². The molecule has 2 saturated heterocycles. The summed E-state index contributed by atoms with van der Waals surface area (Å²) in [6.45, 7) is 6.69. The molecule has 0 aromatic carbocycles. The molecule has 0 saturated carbocycles. The monoisotopic (exact) mass is 424 g/mol. The van der Waals surface area contributed by atoms with Crippen LogP contribution in [0.15, 0.2) is 0 Å². The molecule has 1 aromatic heterocycles. The second-order valence-electron chi connectivity index (χ2n) is 8.20. The molecule has 0 unspecified atom stereocenters. The number of nitrogens with zero attached hydrogens (tertiary/aromatic N) is 5. The summed E-state index contributed by atoms with van der Waals surface area (Å²) in [7, 11) is -1.48. The van der Waals surface area contributed by atoms with Crippen molar-refractivity contribution in [2.24, 2.45) is 0 Å². The van der Waals surface area contributed by atoms with E-state index in [4.69, 9.17) is 5.73 Å². The van der Waals surface area contributed by atoms with E-state index in [0.29, 0.717) is 42.0 Å². The molecule has 162 valence electrons. The van der Waals surface area contributed by atoms with Gasteiger partial charge in [0.25, 0.3) is 5.91 Å². The first-order chi connectivity index (χ1) is 13.6. The molecule has 2 aliphatic rings. The maximum Gasteiger partial charge on any atom is 0.272 e. The minimum atomic E-state index is -3.15. The van der Waals surface area contributed by atoms with Crippen molar-refractivity contribution in [2.75, 3.05) is 45.2 Å². The van der Waals surface area contributed by atoms with Crippen LogP contribution in [0.25, 0.3) is 0 Å². The molecule has 3 rings (SSSR count). The number of rotatable bonds is 4. The van der Waals surface area contributed by atoms with Gasteiger partial charge in [-0.3, -0.25) is 4.79 Å². The molecule has 9 nitrogen and oxygen atoms in total. The number of nitrogen functional groups attached to an aromatic ring is 1. The van der Waals surface area contributed by atoms with Crippen molar-refractivity contribution in [3.05, 3.63) is 17.1 Å². The number of sulfonamides is 1. The van der Waals surface area contributed by atoms with Gasteiger partial charge in [-0.25, -0.2) is 22.7 Å². The molecule has 0 radical (unpaired) electrons. The van der Waals surface area contributed by atoms with Crippen LogP contribution in [0.2, 0.25) is 0 Å². The van der Waals surface area contributed by atoms with Crippen LogP contribution in [0.4, 0.5) is 5.82 Å². The van der Waals surface area contributed by atoms with Crippen LogP contribution >= 0.6 is 0 Å². The van der Waals surface area contributed by atoms with E-state index >= 15 is 0 Å². The van der Waals surface area contributed by atoms with Gasteiger partial charge in [-0.2, -0.15) is 0 Å². The zero-order chi connectivity index (χ0) is 21.3. The Bertz CT molecular complexity index is 859. The summed E-state index contributed by atoms with van der Waals surface area (Å²) in [6.07, 6.45) is 4.79. The first-order valence-corrected chi connectivity index (χ1v) is 12.0. The fourth-order valence-electron chi connectivity index (χ4n) is 4.33. The number of anilines is 1. The van der Waals surface area contributed by atoms with E-state index in [-0.39, 0.29) is 11.9 Å². The molecule has 0 bridgehead atoms. The van der Waals surface area contributed by atoms with Crippen LogP contribution in [-0.2, 0) is 10.0 Å². The van der Waals surface area contributed by atoms with Crippen LogP contribution in [-0.4, -0.2) is 90.0 Å². The number of nitrogens with two attached hydrogens (primary N) is 1. The van der Waals surface area contributed by atoms with Crippen LogP contribution < -0.4 is 5.73 Å². The van der Waals surface area contributed by atoms with E-state index in [0.717, 1.165) is 38.8 Å². The van der Waals surface area contributed by atoms with E-state index in [9.17, 15) is 13.2 Å². The number of carbonyl (C=O) groups is 1. The van der Waals surface area contributed by atoms with Gasteiger partial charge in [0, 0.05) is 37.8 Å². The number of carbonyl (C=O) groups excluding carboxylic acids is 1.